The van der Waals surface area contributed by atoms with Gasteiger partial charge in [0.15, 0.2) is 0 Å². The van der Waals surface area contributed by atoms with Crippen LogP contribution >= 0.6 is 0 Å². The van der Waals surface area contributed by atoms with Crippen LogP contribution in [0.5, 0.6) is 0 Å². The maximum atomic E-state index is 11.9. The van der Waals surface area contributed by atoms with Crippen molar-refractivity contribution in [2.24, 2.45) is 11.7 Å². The fraction of sp³-hybridized carbons (Fsp3) is 0.500. The zero-order chi connectivity index (χ0) is 12.7. The summed E-state index contributed by atoms with van der Waals surface area (Å²) in [7, 11) is 0. The predicted molar refractivity (Wildman–Crippen MR) is 71.0 cm³/mol. The normalized spacial score (nSPS) is 12.2. The van der Waals surface area contributed by atoms with Crippen LogP contribution in [-0.2, 0) is 6.42 Å². The zero-order valence-corrected chi connectivity index (χ0v) is 10.7. The summed E-state index contributed by atoms with van der Waals surface area (Å²) in [5, 5.41) is 2.95. The molecule has 0 saturated heterocycles. The Morgan fingerprint density at radius 3 is 2.88 bits per heavy atom. The molecule has 1 rings (SSSR count). The van der Waals surface area contributed by atoms with Gasteiger partial charge in [-0.1, -0.05) is 32.4 Å². The Balaban J connectivity index is 2.59. The summed E-state index contributed by atoms with van der Waals surface area (Å²) in [6.07, 6.45) is 1.89. The van der Waals surface area contributed by atoms with Crippen LogP contribution in [0.2, 0.25) is 0 Å². The Bertz CT molecular complexity index is 363. The molecule has 1 amide bonds. The van der Waals surface area contributed by atoms with Gasteiger partial charge in [0, 0.05) is 12.1 Å². The molecule has 0 saturated carbocycles. The highest BCUT2D eigenvalue weighted by Gasteiger charge is 2.07. The van der Waals surface area contributed by atoms with Gasteiger partial charge in [-0.25, -0.2) is 0 Å². The van der Waals surface area contributed by atoms with Crippen LogP contribution in [0, 0.1) is 5.92 Å². The van der Waals surface area contributed by atoms with Crippen molar-refractivity contribution in [3.63, 3.8) is 0 Å². The molecule has 0 radical (unpaired) electrons. The molecule has 0 aromatic heterocycles. The highest BCUT2D eigenvalue weighted by atomic mass is 16.1. The van der Waals surface area contributed by atoms with Gasteiger partial charge in [0.2, 0.25) is 0 Å². The van der Waals surface area contributed by atoms with E-state index in [0.29, 0.717) is 12.5 Å². The molecule has 0 aliphatic heterocycles. The molecule has 1 aromatic rings. The monoisotopic (exact) mass is 234 g/mol. The lowest BCUT2D eigenvalue weighted by atomic mass is 10.1. The van der Waals surface area contributed by atoms with Crippen LogP contribution in [-0.4, -0.2) is 19.0 Å². The molecule has 0 bridgehead atoms. The standard InChI is InChI=1S/C14H22N2O/c1-3-11(2)10-16-14(17)13-6-4-5-12(9-13)7-8-15/h4-6,9,11H,3,7-8,10,15H2,1-2H3,(H,16,17). The molecule has 94 valence electrons. The van der Waals surface area contributed by atoms with Gasteiger partial charge in [-0.3, -0.25) is 4.79 Å². The van der Waals surface area contributed by atoms with Gasteiger partial charge in [-0.15, -0.1) is 0 Å². The SMILES string of the molecule is CCC(C)CNC(=O)c1cccc(CCN)c1. The Labute approximate surface area is 103 Å². The van der Waals surface area contributed by atoms with Crippen LogP contribution in [0.4, 0.5) is 0 Å². The molecule has 0 spiro atoms. The number of nitrogens with two attached hydrogens (primary N) is 1. The van der Waals surface area contributed by atoms with Gasteiger partial charge in [-0.2, -0.15) is 0 Å². The third-order valence-electron chi connectivity index (χ3n) is 2.93. The summed E-state index contributed by atoms with van der Waals surface area (Å²) in [6, 6.07) is 7.66. The third kappa shape index (κ3) is 4.57. The fourth-order valence-electron chi connectivity index (χ4n) is 1.55. The van der Waals surface area contributed by atoms with E-state index in [1.54, 1.807) is 0 Å². The first-order chi connectivity index (χ1) is 8.17. The Kier molecular flexibility index (Phi) is 5.70. The van der Waals surface area contributed by atoms with E-state index < -0.39 is 0 Å². The Hall–Kier alpha value is -1.35. The molecule has 3 heteroatoms. The van der Waals surface area contributed by atoms with E-state index in [1.165, 1.54) is 0 Å². The van der Waals surface area contributed by atoms with Crippen molar-refractivity contribution in [1.82, 2.24) is 5.32 Å². The molecule has 3 N–H and O–H groups in total. The van der Waals surface area contributed by atoms with Crippen molar-refractivity contribution in [1.29, 1.82) is 0 Å². The summed E-state index contributed by atoms with van der Waals surface area (Å²) in [5.41, 5.74) is 7.34. The van der Waals surface area contributed by atoms with Crippen molar-refractivity contribution < 1.29 is 4.79 Å². The van der Waals surface area contributed by atoms with Crippen LogP contribution in [0.25, 0.3) is 0 Å². The van der Waals surface area contributed by atoms with Crippen LogP contribution < -0.4 is 11.1 Å². The third-order valence-corrected chi connectivity index (χ3v) is 2.93. The highest BCUT2D eigenvalue weighted by molar-refractivity contribution is 5.94. The van der Waals surface area contributed by atoms with Crippen molar-refractivity contribution >= 4 is 5.91 Å². The summed E-state index contributed by atoms with van der Waals surface area (Å²) >= 11 is 0. The minimum atomic E-state index is 0.00386. The van der Waals surface area contributed by atoms with E-state index in [1.807, 2.05) is 24.3 Å². The average Bonchev–Trinajstić information content (AvgIpc) is 2.36. The van der Waals surface area contributed by atoms with Gasteiger partial charge in [0.25, 0.3) is 5.91 Å². The number of hydrogen-bond acceptors (Lipinski definition) is 2. The van der Waals surface area contributed by atoms with Crippen molar-refractivity contribution in [3.8, 4) is 0 Å². The van der Waals surface area contributed by atoms with Gasteiger partial charge in [0.1, 0.15) is 0 Å². The second-order valence-electron chi connectivity index (χ2n) is 4.46. The second-order valence-corrected chi connectivity index (χ2v) is 4.46. The lowest BCUT2D eigenvalue weighted by Crippen LogP contribution is -2.28. The molecular formula is C14H22N2O. The van der Waals surface area contributed by atoms with Crippen LogP contribution in [0.1, 0.15) is 36.2 Å². The summed E-state index contributed by atoms with van der Waals surface area (Å²) in [5.74, 6) is 0.523. The number of hydrogen-bond donors (Lipinski definition) is 2. The van der Waals surface area contributed by atoms with Gasteiger partial charge >= 0.3 is 0 Å². The van der Waals surface area contributed by atoms with Gasteiger partial charge < -0.3 is 11.1 Å². The van der Waals surface area contributed by atoms with Gasteiger partial charge in [0.05, 0.1) is 0 Å². The maximum absolute atomic E-state index is 11.9. The van der Waals surface area contributed by atoms with Crippen LogP contribution in [0.3, 0.4) is 0 Å². The second kappa shape index (κ2) is 7.07. The predicted octanol–water partition coefficient (Wildman–Crippen LogP) is 1.96. The Morgan fingerprint density at radius 1 is 1.47 bits per heavy atom. The number of rotatable bonds is 6. The highest BCUT2D eigenvalue weighted by Crippen LogP contribution is 2.06. The fourth-order valence-corrected chi connectivity index (χ4v) is 1.55. The lowest BCUT2D eigenvalue weighted by molar-refractivity contribution is 0.0947. The van der Waals surface area contributed by atoms with E-state index in [0.717, 1.165) is 30.5 Å². The molecular weight excluding hydrogens is 212 g/mol. The summed E-state index contributed by atoms with van der Waals surface area (Å²) < 4.78 is 0. The largest absolute Gasteiger partial charge is 0.352 e. The zero-order valence-electron chi connectivity index (χ0n) is 10.7. The van der Waals surface area contributed by atoms with E-state index >= 15 is 0 Å². The minimum Gasteiger partial charge on any atom is -0.352 e. The lowest BCUT2D eigenvalue weighted by Gasteiger charge is -2.10. The van der Waals surface area contributed by atoms with Crippen molar-refractivity contribution in [2.75, 3.05) is 13.1 Å². The molecule has 1 unspecified atom stereocenters. The van der Waals surface area contributed by atoms with E-state index in [2.05, 4.69) is 19.2 Å². The topological polar surface area (TPSA) is 55.1 Å². The number of amides is 1. The molecule has 0 heterocycles. The van der Waals surface area contributed by atoms with Crippen molar-refractivity contribution in [3.05, 3.63) is 35.4 Å². The molecule has 1 aromatic carbocycles. The average molecular weight is 234 g/mol. The molecule has 3 nitrogen and oxygen atoms in total. The number of carbonyl (C=O) groups is 1. The smallest absolute Gasteiger partial charge is 0.251 e. The first-order valence-corrected chi connectivity index (χ1v) is 6.24. The maximum Gasteiger partial charge on any atom is 0.251 e. The quantitative estimate of drug-likeness (QED) is 0.790. The summed E-state index contributed by atoms with van der Waals surface area (Å²) in [6.45, 7) is 5.60. The molecule has 17 heavy (non-hydrogen) atoms. The molecule has 0 aliphatic carbocycles. The van der Waals surface area contributed by atoms with Crippen LogP contribution in [0.15, 0.2) is 24.3 Å². The first-order valence-electron chi connectivity index (χ1n) is 6.24. The van der Waals surface area contributed by atoms with E-state index in [9.17, 15) is 4.79 Å². The Morgan fingerprint density at radius 2 is 2.24 bits per heavy atom. The number of carbonyl (C=O) groups excluding carboxylic acids is 1. The number of nitrogens with one attached hydrogen (secondary N) is 1. The van der Waals surface area contributed by atoms with E-state index in [-0.39, 0.29) is 5.91 Å². The molecule has 1 atom stereocenters. The van der Waals surface area contributed by atoms with E-state index in [4.69, 9.17) is 5.73 Å². The molecule has 0 aliphatic rings. The number of benzene rings is 1. The van der Waals surface area contributed by atoms with Gasteiger partial charge in [-0.05, 0) is 36.6 Å². The minimum absolute atomic E-state index is 0.00386. The summed E-state index contributed by atoms with van der Waals surface area (Å²) in [4.78, 5) is 11.9. The first kappa shape index (κ1) is 13.7. The molecule has 0 fully saturated rings. The van der Waals surface area contributed by atoms with Crippen molar-refractivity contribution in [2.45, 2.75) is 26.7 Å².